The first-order valence-electron chi connectivity index (χ1n) is 4.36. The van der Waals surface area contributed by atoms with Gasteiger partial charge in [0.2, 0.25) is 5.89 Å². The van der Waals surface area contributed by atoms with Crippen molar-refractivity contribution in [2.24, 2.45) is 0 Å². The van der Waals surface area contributed by atoms with Crippen LogP contribution in [0.5, 0.6) is 0 Å². The van der Waals surface area contributed by atoms with Gasteiger partial charge < -0.3 is 4.52 Å². The molecule has 1 aromatic heterocycles. The highest BCUT2D eigenvalue weighted by Crippen LogP contribution is 2.19. The van der Waals surface area contributed by atoms with Crippen molar-refractivity contribution in [3.05, 3.63) is 11.7 Å². The van der Waals surface area contributed by atoms with Crippen molar-refractivity contribution in [3.63, 3.8) is 0 Å². The SMILES string of the molecule is CC(C)(C)c1nc(COS(C)(=O)=O)no1. The third-order valence-electron chi connectivity index (χ3n) is 1.51. The summed E-state index contributed by atoms with van der Waals surface area (Å²) in [4.78, 5) is 4.02. The first-order valence-corrected chi connectivity index (χ1v) is 6.17. The van der Waals surface area contributed by atoms with Gasteiger partial charge in [0.1, 0.15) is 6.61 Å². The van der Waals surface area contributed by atoms with Gasteiger partial charge in [-0.1, -0.05) is 25.9 Å². The summed E-state index contributed by atoms with van der Waals surface area (Å²) >= 11 is 0. The second-order valence-corrected chi connectivity index (χ2v) is 5.88. The minimum atomic E-state index is -3.47. The molecule has 0 unspecified atom stereocenters. The summed E-state index contributed by atoms with van der Waals surface area (Å²) in [6.07, 6.45) is 0.970. The fourth-order valence-corrected chi connectivity index (χ4v) is 1.10. The molecule has 0 aliphatic rings. The Balaban J connectivity index is 2.70. The van der Waals surface area contributed by atoms with Crippen molar-refractivity contribution in [3.8, 4) is 0 Å². The molecule has 0 amide bonds. The van der Waals surface area contributed by atoms with E-state index in [1.165, 1.54) is 0 Å². The third kappa shape index (κ3) is 3.96. The molecule has 1 heterocycles. The van der Waals surface area contributed by atoms with Crippen LogP contribution >= 0.6 is 0 Å². The fourth-order valence-electron chi connectivity index (χ4n) is 0.777. The molecule has 1 rings (SSSR count). The van der Waals surface area contributed by atoms with Crippen molar-refractivity contribution >= 4 is 10.1 Å². The lowest BCUT2D eigenvalue weighted by molar-refractivity contribution is 0.285. The molecule has 0 saturated heterocycles. The van der Waals surface area contributed by atoms with Gasteiger partial charge in [-0.2, -0.15) is 13.4 Å². The zero-order valence-electron chi connectivity index (χ0n) is 9.14. The summed E-state index contributed by atoms with van der Waals surface area (Å²) in [7, 11) is -3.47. The van der Waals surface area contributed by atoms with Gasteiger partial charge >= 0.3 is 0 Å². The molecule has 0 bridgehead atoms. The molecule has 0 aliphatic heterocycles. The molecule has 0 fully saturated rings. The zero-order valence-corrected chi connectivity index (χ0v) is 9.96. The highest BCUT2D eigenvalue weighted by Gasteiger charge is 2.22. The summed E-state index contributed by atoms with van der Waals surface area (Å²) in [6, 6.07) is 0. The topological polar surface area (TPSA) is 82.3 Å². The number of aromatic nitrogens is 2. The molecule has 0 atom stereocenters. The fraction of sp³-hybridized carbons (Fsp3) is 0.750. The van der Waals surface area contributed by atoms with Gasteiger partial charge in [-0.15, -0.1) is 0 Å². The highest BCUT2D eigenvalue weighted by atomic mass is 32.2. The van der Waals surface area contributed by atoms with Gasteiger partial charge in [0.15, 0.2) is 5.82 Å². The van der Waals surface area contributed by atoms with Crippen LogP contribution in [0.3, 0.4) is 0 Å². The Morgan fingerprint density at radius 2 is 2.00 bits per heavy atom. The number of hydrogen-bond donors (Lipinski definition) is 0. The largest absolute Gasteiger partial charge is 0.339 e. The maximum atomic E-state index is 10.7. The molecule has 15 heavy (non-hydrogen) atoms. The normalized spacial score (nSPS) is 13.1. The van der Waals surface area contributed by atoms with Crippen LogP contribution < -0.4 is 0 Å². The van der Waals surface area contributed by atoms with Crippen LogP contribution in [0, 0.1) is 0 Å². The standard InChI is InChI=1S/C8H14N2O4S/c1-8(2,3)7-9-6(10-14-7)5-13-15(4,11)12/h5H2,1-4H3. The van der Waals surface area contributed by atoms with Crippen LogP contribution in [-0.4, -0.2) is 24.8 Å². The highest BCUT2D eigenvalue weighted by molar-refractivity contribution is 7.85. The van der Waals surface area contributed by atoms with E-state index in [-0.39, 0.29) is 17.8 Å². The number of rotatable bonds is 3. The van der Waals surface area contributed by atoms with Gasteiger partial charge in [-0.05, 0) is 0 Å². The summed E-state index contributed by atoms with van der Waals surface area (Å²) in [5.74, 6) is 0.681. The minimum absolute atomic E-state index is 0.196. The molecule has 6 nitrogen and oxygen atoms in total. The second kappa shape index (κ2) is 3.90. The Bertz CT molecular complexity index is 430. The lowest BCUT2D eigenvalue weighted by atomic mass is 9.97. The van der Waals surface area contributed by atoms with Crippen LogP contribution in [0.2, 0.25) is 0 Å². The van der Waals surface area contributed by atoms with Crippen LogP contribution in [0.1, 0.15) is 32.5 Å². The average Bonchev–Trinajstić information content (AvgIpc) is 2.45. The molecule has 0 radical (unpaired) electrons. The maximum Gasteiger partial charge on any atom is 0.264 e. The second-order valence-electron chi connectivity index (χ2n) is 4.23. The van der Waals surface area contributed by atoms with E-state index in [2.05, 4.69) is 14.3 Å². The van der Waals surface area contributed by atoms with Gasteiger partial charge in [-0.3, -0.25) is 4.18 Å². The van der Waals surface area contributed by atoms with Crippen molar-refractivity contribution in [1.29, 1.82) is 0 Å². The van der Waals surface area contributed by atoms with Gasteiger partial charge in [0.05, 0.1) is 6.26 Å². The molecular weight excluding hydrogens is 220 g/mol. The molecule has 0 aromatic carbocycles. The molecule has 7 heteroatoms. The van der Waals surface area contributed by atoms with E-state index in [0.29, 0.717) is 5.89 Å². The van der Waals surface area contributed by atoms with Crippen molar-refractivity contribution in [1.82, 2.24) is 10.1 Å². The van der Waals surface area contributed by atoms with Crippen molar-refractivity contribution in [2.45, 2.75) is 32.8 Å². The van der Waals surface area contributed by atoms with E-state index in [1.54, 1.807) is 0 Å². The van der Waals surface area contributed by atoms with Gasteiger partial charge in [0.25, 0.3) is 10.1 Å². The smallest absolute Gasteiger partial charge is 0.264 e. The Morgan fingerprint density at radius 3 is 2.40 bits per heavy atom. The zero-order chi connectivity index (χ0) is 11.7. The molecule has 0 aliphatic carbocycles. The van der Waals surface area contributed by atoms with E-state index in [0.717, 1.165) is 6.26 Å². The van der Waals surface area contributed by atoms with Crippen molar-refractivity contribution in [2.75, 3.05) is 6.26 Å². The van der Waals surface area contributed by atoms with Gasteiger partial charge in [-0.25, -0.2) is 0 Å². The van der Waals surface area contributed by atoms with E-state index in [9.17, 15) is 8.42 Å². The molecule has 86 valence electrons. The van der Waals surface area contributed by atoms with E-state index < -0.39 is 10.1 Å². The van der Waals surface area contributed by atoms with E-state index >= 15 is 0 Å². The molecular formula is C8H14N2O4S. The number of nitrogens with zero attached hydrogens (tertiary/aromatic N) is 2. The van der Waals surface area contributed by atoms with Crippen molar-refractivity contribution < 1.29 is 17.1 Å². The van der Waals surface area contributed by atoms with Crippen LogP contribution in [0.15, 0.2) is 4.52 Å². The maximum absolute atomic E-state index is 10.7. The molecule has 1 aromatic rings. The van der Waals surface area contributed by atoms with E-state index in [1.807, 2.05) is 20.8 Å². The monoisotopic (exact) mass is 234 g/mol. The lowest BCUT2D eigenvalue weighted by Gasteiger charge is -2.10. The number of hydrogen-bond acceptors (Lipinski definition) is 6. The first kappa shape index (κ1) is 12.1. The van der Waals surface area contributed by atoms with Crippen LogP contribution in [-0.2, 0) is 26.3 Å². The molecule has 0 saturated carbocycles. The lowest BCUT2D eigenvalue weighted by Crippen LogP contribution is -2.11. The first-order chi connectivity index (χ1) is 6.68. The Morgan fingerprint density at radius 1 is 1.40 bits per heavy atom. The predicted molar refractivity (Wildman–Crippen MR) is 52.6 cm³/mol. The summed E-state index contributed by atoms with van der Waals surface area (Å²) < 4.78 is 30.9. The molecule has 0 N–H and O–H groups in total. The Labute approximate surface area is 88.8 Å². The average molecular weight is 234 g/mol. The Hall–Kier alpha value is -0.950. The summed E-state index contributed by atoms with van der Waals surface area (Å²) in [6.45, 7) is 5.56. The van der Waals surface area contributed by atoms with E-state index in [4.69, 9.17) is 4.52 Å². The van der Waals surface area contributed by atoms with Crippen LogP contribution in [0.4, 0.5) is 0 Å². The summed E-state index contributed by atoms with van der Waals surface area (Å²) in [5.41, 5.74) is -0.254. The molecule has 0 spiro atoms. The van der Waals surface area contributed by atoms with Gasteiger partial charge in [0, 0.05) is 5.41 Å². The minimum Gasteiger partial charge on any atom is -0.339 e. The quantitative estimate of drug-likeness (QED) is 0.721. The van der Waals surface area contributed by atoms with Crippen LogP contribution in [0.25, 0.3) is 0 Å². The Kier molecular flexibility index (Phi) is 3.15. The predicted octanol–water partition coefficient (Wildman–Crippen LogP) is 0.843. The summed E-state index contributed by atoms with van der Waals surface area (Å²) in [5, 5.41) is 3.61. The third-order valence-corrected chi connectivity index (χ3v) is 2.06.